The summed E-state index contributed by atoms with van der Waals surface area (Å²) < 4.78 is 25.6. The number of carboxylic acids is 1. The highest BCUT2D eigenvalue weighted by Gasteiger charge is 2.44. The first-order chi connectivity index (χ1) is 18.3. The second kappa shape index (κ2) is 12.6. The van der Waals surface area contributed by atoms with E-state index in [-0.39, 0.29) is 23.6 Å². The van der Waals surface area contributed by atoms with Crippen molar-refractivity contribution in [1.82, 2.24) is 9.80 Å². The molecule has 1 amide bonds. The molecule has 8 heteroatoms. The Balaban J connectivity index is 1.42. The van der Waals surface area contributed by atoms with Crippen molar-refractivity contribution in [3.05, 3.63) is 47.8 Å². The standard InChI is InChI=1S/C30H39FN2O5/c1-3-37-25-17-22(18-26(38-4-2)29(25)23-8-10-24(31)11-9-23)20-32-15-12-30(13-16-32)19-27(34)33(21-30)14-6-5-7-28(35)36/h8-11,17-18H,3-7,12-16,19-21H2,1-2H3,(H,35,36). The number of carbonyl (C=O) groups is 2. The van der Waals surface area contributed by atoms with Gasteiger partial charge in [0.05, 0.1) is 18.8 Å². The number of ether oxygens (including phenoxy) is 2. The molecule has 2 aromatic carbocycles. The number of likely N-dealkylation sites (tertiary alicyclic amines) is 2. The maximum atomic E-state index is 13.6. The number of unbranched alkanes of at least 4 members (excludes halogenated alkanes) is 1. The normalized spacial score (nSPS) is 17.2. The Kier molecular flexibility index (Phi) is 9.26. The maximum absolute atomic E-state index is 13.6. The predicted molar refractivity (Wildman–Crippen MR) is 144 cm³/mol. The number of benzene rings is 2. The summed E-state index contributed by atoms with van der Waals surface area (Å²) in [6, 6.07) is 10.5. The van der Waals surface area contributed by atoms with E-state index in [2.05, 4.69) is 17.0 Å². The van der Waals surface area contributed by atoms with Crippen LogP contribution in [0.4, 0.5) is 4.39 Å². The third-order valence-electron chi connectivity index (χ3n) is 7.66. The molecule has 1 N–H and O–H groups in total. The zero-order valence-electron chi connectivity index (χ0n) is 22.5. The van der Waals surface area contributed by atoms with Crippen LogP contribution in [0.1, 0.15) is 57.9 Å². The minimum atomic E-state index is -0.784. The molecule has 0 saturated carbocycles. The van der Waals surface area contributed by atoms with Gasteiger partial charge in [-0.15, -0.1) is 0 Å². The van der Waals surface area contributed by atoms with Gasteiger partial charge in [0, 0.05) is 32.5 Å². The highest BCUT2D eigenvalue weighted by Crippen LogP contribution is 2.43. The minimum Gasteiger partial charge on any atom is -0.493 e. The number of carboxylic acid groups (broad SMARTS) is 1. The smallest absolute Gasteiger partial charge is 0.303 e. The van der Waals surface area contributed by atoms with E-state index >= 15 is 0 Å². The summed E-state index contributed by atoms with van der Waals surface area (Å²) in [6.07, 6.45) is 4.02. The van der Waals surface area contributed by atoms with Crippen LogP contribution in [0.2, 0.25) is 0 Å². The number of nitrogens with zero attached hydrogens (tertiary/aromatic N) is 2. The fourth-order valence-electron chi connectivity index (χ4n) is 5.72. The van der Waals surface area contributed by atoms with Crippen LogP contribution < -0.4 is 9.47 Å². The number of hydrogen-bond acceptors (Lipinski definition) is 5. The molecule has 2 heterocycles. The molecule has 4 rings (SSSR count). The first kappa shape index (κ1) is 27.9. The number of rotatable bonds is 12. The van der Waals surface area contributed by atoms with Gasteiger partial charge in [-0.05, 0) is 93.4 Å². The van der Waals surface area contributed by atoms with Gasteiger partial charge in [0.1, 0.15) is 17.3 Å². The van der Waals surface area contributed by atoms with Crippen LogP contribution in [0.5, 0.6) is 11.5 Å². The first-order valence-electron chi connectivity index (χ1n) is 13.7. The van der Waals surface area contributed by atoms with Crippen LogP contribution in [0.25, 0.3) is 11.1 Å². The topological polar surface area (TPSA) is 79.3 Å². The number of piperidine rings is 1. The number of halogens is 1. The maximum Gasteiger partial charge on any atom is 0.303 e. The Bertz CT molecular complexity index is 1090. The van der Waals surface area contributed by atoms with Crippen LogP contribution in [-0.4, -0.2) is 66.2 Å². The van der Waals surface area contributed by atoms with Gasteiger partial charge in [-0.3, -0.25) is 14.5 Å². The lowest BCUT2D eigenvalue weighted by molar-refractivity contribution is -0.137. The van der Waals surface area contributed by atoms with E-state index in [1.807, 2.05) is 18.7 Å². The van der Waals surface area contributed by atoms with Gasteiger partial charge >= 0.3 is 5.97 Å². The van der Waals surface area contributed by atoms with E-state index in [4.69, 9.17) is 14.6 Å². The average molecular weight is 527 g/mol. The monoisotopic (exact) mass is 526 g/mol. The third-order valence-corrected chi connectivity index (χ3v) is 7.66. The molecule has 0 bridgehead atoms. The summed E-state index contributed by atoms with van der Waals surface area (Å²) in [5, 5.41) is 8.83. The van der Waals surface area contributed by atoms with Crippen LogP contribution in [0.15, 0.2) is 36.4 Å². The van der Waals surface area contributed by atoms with Crippen LogP contribution >= 0.6 is 0 Å². The van der Waals surface area contributed by atoms with Crippen LogP contribution in [0, 0.1) is 11.2 Å². The summed E-state index contributed by atoms with van der Waals surface area (Å²) in [5.41, 5.74) is 2.81. The fraction of sp³-hybridized carbons (Fsp3) is 0.533. The Labute approximate surface area is 224 Å². The zero-order chi connectivity index (χ0) is 27.1. The van der Waals surface area contributed by atoms with Gasteiger partial charge in [-0.25, -0.2) is 4.39 Å². The van der Waals surface area contributed by atoms with Gasteiger partial charge in [0.15, 0.2) is 0 Å². The molecule has 0 radical (unpaired) electrons. The number of hydrogen-bond donors (Lipinski definition) is 1. The summed E-state index contributed by atoms with van der Waals surface area (Å²) in [4.78, 5) is 27.8. The molecule has 2 fully saturated rings. The van der Waals surface area contributed by atoms with Gasteiger partial charge in [0.2, 0.25) is 5.91 Å². The lowest BCUT2D eigenvalue weighted by Gasteiger charge is -2.39. The Hall–Kier alpha value is -3.13. The second-order valence-corrected chi connectivity index (χ2v) is 10.5. The largest absolute Gasteiger partial charge is 0.493 e. The quantitative estimate of drug-likeness (QED) is 0.375. The van der Waals surface area contributed by atoms with E-state index in [0.717, 1.165) is 73.6 Å². The molecule has 2 saturated heterocycles. The van der Waals surface area contributed by atoms with Crippen molar-refractivity contribution >= 4 is 11.9 Å². The molecule has 2 aromatic rings. The van der Waals surface area contributed by atoms with Crippen molar-refractivity contribution < 1.29 is 28.6 Å². The average Bonchev–Trinajstić information content (AvgIpc) is 3.19. The minimum absolute atomic E-state index is 0.0276. The summed E-state index contributed by atoms with van der Waals surface area (Å²) in [5.74, 6) is 0.595. The number of carbonyl (C=O) groups excluding carboxylic acids is 1. The number of aliphatic carboxylic acids is 1. The van der Waals surface area contributed by atoms with E-state index in [1.54, 1.807) is 12.1 Å². The summed E-state index contributed by atoms with van der Waals surface area (Å²) in [6.45, 7) is 8.93. The first-order valence-corrected chi connectivity index (χ1v) is 13.7. The molecule has 0 aromatic heterocycles. The van der Waals surface area contributed by atoms with E-state index in [1.165, 1.54) is 12.1 Å². The molecule has 0 atom stereocenters. The zero-order valence-corrected chi connectivity index (χ0v) is 22.5. The van der Waals surface area contributed by atoms with Crippen molar-refractivity contribution in [3.63, 3.8) is 0 Å². The van der Waals surface area contributed by atoms with E-state index < -0.39 is 5.97 Å². The van der Waals surface area contributed by atoms with Gasteiger partial charge in [0.25, 0.3) is 0 Å². The van der Waals surface area contributed by atoms with Crippen LogP contribution in [-0.2, 0) is 16.1 Å². The molecule has 1 spiro atoms. The Morgan fingerprint density at radius 3 is 2.24 bits per heavy atom. The number of amides is 1. The van der Waals surface area contributed by atoms with Crippen molar-refractivity contribution in [2.24, 2.45) is 5.41 Å². The SMILES string of the molecule is CCOc1cc(CN2CCC3(CC2)CC(=O)N(CCCCC(=O)O)C3)cc(OCC)c1-c1ccc(F)cc1. The second-order valence-electron chi connectivity index (χ2n) is 10.5. The van der Waals surface area contributed by atoms with Crippen molar-refractivity contribution in [3.8, 4) is 22.6 Å². The molecule has 7 nitrogen and oxygen atoms in total. The highest BCUT2D eigenvalue weighted by atomic mass is 19.1. The Morgan fingerprint density at radius 2 is 1.66 bits per heavy atom. The molecule has 0 aliphatic carbocycles. The lowest BCUT2D eigenvalue weighted by atomic mass is 9.77. The van der Waals surface area contributed by atoms with E-state index in [0.29, 0.717) is 32.6 Å². The van der Waals surface area contributed by atoms with Crippen molar-refractivity contribution in [2.75, 3.05) is 39.4 Å². The molecular weight excluding hydrogens is 487 g/mol. The predicted octanol–water partition coefficient (Wildman–Crippen LogP) is 5.36. The fourth-order valence-corrected chi connectivity index (χ4v) is 5.72. The van der Waals surface area contributed by atoms with Gasteiger partial charge in [-0.2, -0.15) is 0 Å². The van der Waals surface area contributed by atoms with Gasteiger partial charge in [-0.1, -0.05) is 12.1 Å². The van der Waals surface area contributed by atoms with E-state index in [9.17, 15) is 14.0 Å². The molecule has 2 aliphatic heterocycles. The highest BCUT2D eigenvalue weighted by molar-refractivity contribution is 5.79. The van der Waals surface area contributed by atoms with Crippen molar-refractivity contribution in [1.29, 1.82) is 0 Å². The van der Waals surface area contributed by atoms with Crippen molar-refractivity contribution in [2.45, 2.75) is 58.9 Å². The Morgan fingerprint density at radius 1 is 1.03 bits per heavy atom. The molecule has 2 aliphatic rings. The van der Waals surface area contributed by atoms with Crippen LogP contribution in [0.3, 0.4) is 0 Å². The van der Waals surface area contributed by atoms with Gasteiger partial charge < -0.3 is 19.5 Å². The summed E-state index contributed by atoms with van der Waals surface area (Å²) >= 11 is 0. The molecular formula is C30H39FN2O5. The third kappa shape index (κ3) is 6.84. The molecule has 0 unspecified atom stereocenters. The molecule has 206 valence electrons. The lowest BCUT2D eigenvalue weighted by Crippen LogP contribution is -2.41. The summed E-state index contributed by atoms with van der Waals surface area (Å²) in [7, 11) is 0. The molecule has 38 heavy (non-hydrogen) atoms.